The first-order valence-corrected chi connectivity index (χ1v) is 12.0. The summed E-state index contributed by atoms with van der Waals surface area (Å²) in [6.07, 6.45) is 3.45. The van der Waals surface area contributed by atoms with E-state index in [2.05, 4.69) is 17.0 Å². The lowest BCUT2D eigenvalue weighted by molar-refractivity contribution is -0.125. The van der Waals surface area contributed by atoms with Crippen LogP contribution in [0.4, 0.5) is 5.69 Å². The zero-order valence-corrected chi connectivity index (χ0v) is 18.7. The van der Waals surface area contributed by atoms with E-state index in [1.807, 2.05) is 12.1 Å². The summed E-state index contributed by atoms with van der Waals surface area (Å²) < 4.78 is 27.8. The molecule has 0 unspecified atom stereocenters. The van der Waals surface area contributed by atoms with E-state index in [0.717, 1.165) is 31.2 Å². The monoisotopic (exact) mass is 443 g/mol. The normalized spacial score (nSPS) is 16.6. The van der Waals surface area contributed by atoms with E-state index in [1.165, 1.54) is 0 Å². The van der Waals surface area contributed by atoms with Crippen LogP contribution in [0.3, 0.4) is 0 Å². The first kappa shape index (κ1) is 22.8. The quantitative estimate of drug-likeness (QED) is 0.688. The van der Waals surface area contributed by atoms with Crippen LogP contribution in [0.15, 0.2) is 53.4 Å². The molecule has 0 aromatic heterocycles. The highest BCUT2D eigenvalue weighted by atomic mass is 32.2. The van der Waals surface area contributed by atoms with Crippen LogP contribution in [-0.2, 0) is 21.2 Å². The molecule has 8 heteroatoms. The second-order valence-electron chi connectivity index (χ2n) is 7.78. The van der Waals surface area contributed by atoms with Crippen LogP contribution in [0.5, 0.6) is 0 Å². The molecule has 2 N–H and O–H groups in total. The number of benzene rings is 2. The van der Waals surface area contributed by atoms with Crippen LogP contribution in [-0.4, -0.2) is 45.3 Å². The molecule has 1 aliphatic heterocycles. The molecule has 2 amide bonds. The topological polar surface area (TPSA) is 95.6 Å². The molecule has 1 heterocycles. The average molecular weight is 444 g/mol. The van der Waals surface area contributed by atoms with Gasteiger partial charge in [0.2, 0.25) is 5.91 Å². The van der Waals surface area contributed by atoms with Crippen molar-refractivity contribution in [2.24, 2.45) is 5.92 Å². The van der Waals surface area contributed by atoms with Crippen molar-refractivity contribution >= 4 is 27.5 Å². The molecule has 0 aliphatic carbocycles. The van der Waals surface area contributed by atoms with Crippen molar-refractivity contribution in [3.05, 3.63) is 59.7 Å². The van der Waals surface area contributed by atoms with Crippen LogP contribution in [0.25, 0.3) is 0 Å². The molecule has 0 radical (unpaired) electrons. The molecule has 1 saturated heterocycles. The highest BCUT2D eigenvalue weighted by Gasteiger charge is 2.28. The Hall–Kier alpha value is -2.87. The van der Waals surface area contributed by atoms with Crippen molar-refractivity contribution in [1.82, 2.24) is 10.2 Å². The fourth-order valence-corrected chi connectivity index (χ4v) is 4.84. The van der Waals surface area contributed by atoms with Crippen molar-refractivity contribution in [2.75, 3.05) is 24.9 Å². The molecule has 0 bridgehead atoms. The summed E-state index contributed by atoms with van der Waals surface area (Å²) in [5.74, 6) is -0.406. The van der Waals surface area contributed by atoms with E-state index >= 15 is 0 Å². The maximum atomic E-state index is 12.8. The molecule has 31 heavy (non-hydrogen) atoms. The van der Waals surface area contributed by atoms with E-state index < -0.39 is 10.0 Å². The number of nitrogens with one attached hydrogen (secondary N) is 2. The zero-order chi connectivity index (χ0) is 22.4. The van der Waals surface area contributed by atoms with Gasteiger partial charge in [-0.15, -0.1) is 0 Å². The number of carbonyl (C=O) groups excluding carboxylic acids is 2. The van der Waals surface area contributed by atoms with Gasteiger partial charge in [-0.3, -0.25) is 14.3 Å². The van der Waals surface area contributed by atoms with Crippen molar-refractivity contribution in [3.63, 3.8) is 0 Å². The third kappa shape index (κ3) is 5.64. The molecule has 7 nitrogen and oxygen atoms in total. The van der Waals surface area contributed by atoms with Gasteiger partial charge in [0.1, 0.15) is 0 Å². The molecule has 1 atom stereocenters. The molecule has 1 fully saturated rings. The molecule has 2 aromatic carbocycles. The molecule has 166 valence electrons. The smallest absolute Gasteiger partial charge is 0.261 e. The third-order valence-corrected chi connectivity index (χ3v) is 6.88. The molecule has 1 aliphatic rings. The van der Waals surface area contributed by atoms with Gasteiger partial charge in [0.25, 0.3) is 15.9 Å². The molecule has 0 spiro atoms. The SMILES string of the molecule is CCCc1ccc(S(=O)(=O)Nc2ccc(C(=O)N3CCC[C@H](C(=O)NC)C3)cc2)cc1. The fourth-order valence-electron chi connectivity index (χ4n) is 3.78. The van der Waals surface area contributed by atoms with Gasteiger partial charge >= 0.3 is 0 Å². The number of carbonyl (C=O) groups is 2. The number of sulfonamides is 1. The van der Waals surface area contributed by atoms with Gasteiger partial charge in [-0.1, -0.05) is 25.5 Å². The van der Waals surface area contributed by atoms with Gasteiger partial charge in [-0.25, -0.2) is 8.42 Å². The fraction of sp³-hybridized carbons (Fsp3) is 0.391. The van der Waals surface area contributed by atoms with Crippen molar-refractivity contribution in [2.45, 2.75) is 37.5 Å². The maximum Gasteiger partial charge on any atom is 0.261 e. The van der Waals surface area contributed by atoms with Gasteiger partial charge in [-0.2, -0.15) is 0 Å². The number of hydrogen-bond donors (Lipinski definition) is 2. The van der Waals surface area contributed by atoms with Gasteiger partial charge in [0.15, 0.2) is 0 Å². The number of hydrogen-bond acceptors (Lipinski definition) is 4. The summed E-state index contributed by atoms with van der Waals surface area (Å²) in [6.45, 7) is 3.07. The summed E-state index contributed by atoms with van der Waals surface area (Å²) in [4.78, 5) is 26.6. The summed E-state index contributed by atoms with van der Waals surface area (Å²) in [6, 6.07) is 13.2. The number of amides is 2. The Morgan fingerprint density at radius 2 is 1.74 bits per heavy atom. The lowest BCUT2D eigenvalue weighted by Crippen LogP contribution is -2.44. The van der Waals surface area contributed by atoms with E-state index in [1.54, 1.807) is 48.3 Å². The zero-order valence-electron chi connectivity index (χ0n) is 17.9. The predicted octanol–water partition coefficient (Wildman–Crippen LogP) is 3.04. The van der Waals surface area contributed by atoms with Gasteiger partial charge in [-0.05, 0) is 61.2 Å². The number of likely N-dealkylation sites (tertiary alicyclic amines) is 1. The summed E-state index contributed by atoms with van der Waals surface area (Å²) in [5.41, 5.74) is 1.95. The summed E-state index contributed by atoms with van der Waals surface area (Å²) >= 11 is 0. The van der Waals surface area contributed by atoms with Gasteiger partial charge in [0.05, 0.1) is 10.8 Å². The van der Waals surface area contributed by atoms with Crippen molar-refractivity contribution in [3.8, 4) is 0 Å². The number of piperidine rings is 1. The van der Waals surface area contributed by atoms with Crippen molar-refractivity contribution < 1.29 is 18.0 Å². The minimum atomic E-state index is -3.71. The largest absolute Gasteiger partial charge is 0.359 e. The number of rotatable bonds is 7. The van der Waals surface area contributed by atoms with E-state index in [4.69, 9.17) is 0 Å². The number of aryl methyl sites for hydroxylation is 1. The molecular formula is C23H29N3O4S. The second kappa shape index (κ2) is 9.96. The predicted molar refractivity (Wildman–Crippen MR) is 120 cm³/mol. The minimum Gasteiger partial charge on any atom is -0.359 e. The minimum absolute atomic E-state index is 0.0509. The Kier molecular flexibility index (Phi) is 7.33. The lowest BCUT2D eigenvalue weighted by atomic mass is 9.96. The molecule has 0 saturated carbocycles. The van der Waals surface area contributed by atoms with Crippen LogP contribution >= 0.6 is 0 Å². The van der Waals surface area contributed by atoms with Crippen molar-refractivity contribution in [1.29, 1.82) is 0 Å². The van der Waals surface area contributed by atoms with E-state index in [-0.39, 0.29) is 22.6 Å². The Morgan fingerprint density at radius 3 is 2.35 bits per heavy atom. The van der Waals surface area contributed by atoms with Gasteiger partial charge < -0.3 is 10.2 Å². The number of nitrogens with zero attached hydrogens (tertiary/aromatic N) is 1. The highest BCUT2D eigenvalue weighted by molar-refractivity contribution is 7.92. The Balaban J connectivity index is 1.66. The van der Waals surface area contributed by atoms with Crippen LogP contribution in [0.2, 0.25) is 0 Å². The molecule has 2 aromatic rings. The highest BCUT2D eigenvalue weighted by Crippen LogP contribution is 2.21. The second-order valence-corrected chi connectivity index (χ2v) is 9.46. The molecule has 3 rings (SSSR count). The average Bonchev–Trinajstić information content (AvgIpc) is 2.79. The summed E-state index contributed by atoms with van der Waals surface area (Å²) in [7, 11) is -2.11. The summed E-state index contributed by atoms with van der Waals surface area (Å²) in [5, 5.41) is 2.64. The number of anilines is 1. The Labute approximate surface area is 183 Å². The first-order chi connectivity index (χ1) is 14.8. The van der Waals surface area contributed by atoms with Crippen LogP contribution in [0, 0.1) is 5.92 Å². The maximum absolute atomic E-state index is 12.8. The van der Waals surface area contributed by atoms with Crippen LogP contribution in [0.1, 0.15) is 42.1 Å². The van der Waals surface area contributed by atoms with E-state index in [9.17, 15) is 18.0 Å². The Bertz CT molecular complexity index is 1020. The van der Waals surface area contributed by atoms with Crippen LogP contribution < -0.4 is 10.0 Å². The van der Waals surface area contributed by atoms with Gasteiger partial charge in [0, 0.05) is 31.4 Å². The van der Waals surface area contributed by atoms with E-state index in [0.29, 0.717) is 24.3 Å². The third-order valence-electron chi connectivity index (χ3n) is 5.48. The first-order valence-electron chi connectivity index (χ1n) is 10.6. The standard InChI is InChI=1S/C23H29N3O4S/c1-3-5-17-7-13-21(14-8-17)31(29,30)25-20-11-9-18(10-12-20)23(28)26-15-4-6-19(16-26)22(27)24-2/h7-14,19,25H,3-6,15-16H2,1-2H3,(H,24,27)/t19-/m0/s1. The lowest BCUT2D eigenvalue weighted by Gasteiger charge is -2.31. The molecular weight excluding hydrogens is 414 g/mol. The Morgan fingerprint density at radius 1 is 1.06 bits per heavy atom.